The number of fused-ring (bicyclic) bond motifs is 1. The van der Waals surface area contributed by atoms with E-state index in [1.165, 1.54) is 17.9 Å². The van der Waals surface area contributed by atoms with Gasteiger partial charge in [0.25, 0.3) is 0 Å². The number of nitrogens with zero attached hydrogens (tertiary/aromatic N) is 5. The molecule has 0 aromatic carbocycles. The molecule has 2 N–H and O–H groups in total. The fraction of sp³-hybridized carbons (Fsp3) is 0.429. The van der Waals surface area contributed by atoms with Crippen molar-refractivity contribution in [3.05, 3.63) is 6.33 Å². The van der Waals surface area contributed by atoms with Crippen LogP contribution < -0.4 is 10.6 Å². The van der Waals surface area contributed by atoms with Gasteiger partial charge >= 0.3 is 0 Å². The lowest BCUT2D eigenvalue weighted by Gasteiger charge is -2.16. The highest BCUT2D eigenvalue weighted by atomic mass is 32.1. The van der Waals surface area contributed by atoms with E-state index in [9.17, 15) is 0 Å². The fourth-order valence-electron chi connectivity index (χ4n) is 1.19. The standard InChI is InChI=1S/C7H10N6S/c1-13(3-2-8)6-5-7(10-4-9-6)14-12-11-5/h4H,2-3,8H2,1H3. The first-order chi connectivity index (χ1) is 6.83. The molecule has 0 atom stereocenters. The number of rotatable bonds is 3. The molecule has 14 heavy (non-hydrogen) atoms. The van der Waals surface area contributed by atoms with E-state index in [1.807, 2.05) is 11.9 Å². The Morgan fingerprint density at radius 3 is 3.14 bits per heavy atom. The highest BCUT2D eigenvalue weighted by molar-refractivity contribution is 7.12. The maximum Gasteiger partial charge on any atom is 0.169 e. The third-order valence-electron chi connectivity index (χ3n) is 1.86. The van der Waals surface area contributed by atoms with Gasteiger partial charge in [-0.25, -0.2) is 9.97 Å². The summed E-state index contributed by atoms with van der Waals surface area (Å²) in [6.45, 7) is 1.32. The maximum absolute atomic E-state index is 5.47. The van der Waals surface area contributed by atoms with E-state index in [-0.39, 0.29) is 0 Å². The number of hydrogen-bond donors (Lipinski definition) is 1. The van der Waals surface area contributed by atoms with Crippen molar-refractivity contribution in [3.63, 3.8) is 0 Å². The van der Waals surface area contributed by atoms with Crippen LogP contribution >= 0.6 is 11.5 Å². The minimum Gasteiger partial charge on any atom is -0.356 e. The zero-order chi connectivity index (χ0) is 9.97. The molecule has 0 saturated heterocycles. The Bertz CT molecular complexity index is 427. The monoisotopic (exact) mass is 210 g/mol. The number of aromatic nitrogens is 4. The molecule has 0 saturated carbocycles. The molecule has 2 heterocycles. The molecule has 74 valence electrons. The zero-order valence-electron chi connectivity index (χ0n) is 7.71. The van der Waals surface area contributed by atoms with Crippen molar-refractivity contribution in [3.8, 4) is 0 Å². The van der Waals surface area contributed by atoms with Gasteiger partial charge in [-0.1, -0.05) is 4.49 Å². The quantitative estimate of drug-likeness (QED) is 0.760. The van der Waals surface area contributed by atoms with Gasteiger partial charge in [0.1, 0.15) is 6.33 Å². The Balaban J connectivity index is 2.45. The number of nitrogens with two attached hydrogens (primary N) is 1. The number of likely N-dealkylation sites (N-methyl/N-ethyl adjacent to an activating group) is 1. The third-order valence-corrected chi connectivity index (χ3v) is 2.50. The first kappa shape index (κ1) is 9.22. The minimum absolute atomic E-state index is 0.583. The normalized spacial score (nSPS) is 10.7. The summed E-state index contributed by atoms with van der Waals surface area (Å²) in [6.07, 6.45) is 1.52. The molecule has 0 radical (unpaired) electrons. The molecule has 0 aliphatic carbocycles. The fourth-order valence-corrected chi connectivity index (χ4v) is 1.70. The van der Waals surface area contributed by atoms with Gasteiger partial charge in [0.05, 0.1) is 0 Å². The van der Waals surface area contributed by atoms with E-state index in [0.717, 1.165) is 22.7 Å². The number of anilines is 1. The molecule has 0 unspecified atom stereocenters. The van der Waals surface area contributed by atoms with Crippen LogP contribution in [-0.2, 0) is 0 Å². The first-order valence-corrected chi connectivity index (χ1v) is 4.94. The van der Waals surface area contributed by atoms with Gasteiger partial charge in [0, 0.05) is 31.7 Å². The third kappa shape index (κ3) is 1.51. The van der Waals surface area contributed by atoms with Crippen molar-refractivity contribution in [2.45, 2.75) is 0 Å². The van der Waals surface area contributed by atoms with E-state index in [0.29, 0.717) is 6.54 Å². The minimum atomic E-state index is 0.583. The lowest BCUT2D eigenvalue weighted by Crippen LogP contribution is -2.26. The SMILES string of the molecule is CN(CCN)c1ncnc2snnc12. The van der Waals surface area contributed by atoms with Crippen LogP contribution in [0.4, 0.5) is 5.82 Å². The Hall–Kier alpha value is -1.34. The average molecular weight is 210 g/mol. The summed E-state index contributed by atoms with van der Waals surface area (Å²) in [7, 11) is 1.92. The molecule has 2 aromatic heterocycles. The molecule has 7 heteroatoms. The van der Waals surface area contributed by atoms with Crippen LogP contribution in [0.15, 0.2) is 6.33 Å². The van der Waals surface area contributed by atoms with E-state index < -0.39 is 0 Å². The Kier molecular flexibility index (Phi) is 2.51. The van der Waals surface area contributed by atoms with Crippen LogP contribution in [0.5, 0.6) is 0 Å². The van der Waals surface area contributed by atoms with Gasteiger partial charge in [-0.2, -0.15) is 0 Å². The Morgan fingerprint density at radius 1 is 1.50 bits per heavy atom. The van der Waals surface area contributed by atoms with Crippen LogP contribution in [0.2, 0.25) is 0 Å². The molecular weight excluding hydrogens is 200 g/mol. The van der Waals surface area contributed by atoms with Crippen LogP contribution in [0, 0.1) is 0 Å². The summed E-state index contributed by atoms with van der Waals surface area (Å²) in [5.41, 5.74) is 6.21. The van der Waals surface area contributed by atoms with E-state index in [4.69, 9.17) is 5.73 Å². The first-order valence-electron chi connectivity index (χ1n) is 4.17. The molecule has 0 fully saturated rings. The van der Waals surface area contributed by atoms with Crippen molar-refractivity contribution in [2.24, 2.45) is 5.73 Å². The van der Waals surface area contributed by atoms with Crippen molar-refractivity contribution in [1.82, 2.24) is 19.6 Å². The highest BCUT2D eigenvalue weighted by Gasteiger charge is 2.10. The van der Waals surface area contributed by atoms with Crippen LogP contribution in [-0.4, -0.2) is 39.7 Å². The molecule has 0 aliphatic heterocycles. The van der Waals surface area contributed by atoms with Gasteiger partial charge in [0.2, 0.25) is 0 Å². The second kappa shape index (κ2) is 3.81. The summed E-state index contributed by atoms with van der Waals surface area (Å²) in [5, 5.41) is 3.98. The predicted octanol–water partition coefficient (Wildman–Crippen LogP) is -0.124. The summed E-state index contributed by atoms with van der Waals surface area (Å²) < 4.78 is 3.84. The summed E-state index contributed by atoms with van der Waals surface area (Å²) in [4.78, 5) is 11.0. The summed E-state index contributed by atoms with van der Waals surface area (Å²) in [6, 6.07) is 0. The second-order valence-corrected chi connectivity index (χ2v) is 3.57. The molecule has 6 nitrogen and oxygen atoms in total. The van der Waals surface area contributed by atoms with Gasteiger partial charge < -0.3 is 10.6 Å². The van der Waals surface area contributed by atoms with Gasteiger partial charge in [-0.15, -0.1) is 5.10 Å². The second-order valence-electron chi connectivity index (χ2n) is 2.83. The van der Waals surface area contributed by atoms with E-state index >= 15 is 0 Å². The molecule has 0 bridgehead atoms. The van der Waals surface area contributed by atoms with Crippen molar-refractivity contribution in [2.75, 3.05) is 25.0 Å². The van der Waals surface area contributed by atoms with Crippen LogP contribution in [0.1, 0.15) is 0 Å². The van der Waals surface area contributed by atoms with Crippen molar-refractivity contribution < 1.29 is 0 Å². The largest absolute Gasteiger partial charge is 0.356 e. The molecule has 2 rings (SSSR count). The molecule has 0 spiro atoms. The number of hydrogen-bond acceptors (Lipinski definition) is 7. The zero-order valence-corrected chi connectivity index (χ0v) is 8.53. The van der Waals surface area contributed by atoms with Crippen LogP contribution in [0.25, 0.3) is 10.3 Å². The van der Waals surface area contributed by atoms with Gasteiger partial charge in [-0.05, 0) is 0 Å². The highest BCUT2D eigenvalue weighted by Crippen LogP contribution is 2.20. The van der Waals surface area contributed by atoms with Crippen LogP contribution in [0.3, 0.4) is 0 Å². The lowest BCUT2D eigenvalue weighted by molar-refractivity contribution is 0.868. The van der Waals surface area contributed by atoms with E-state index in [1.54, 1.807) is 0 Å². The molecule has 0 aliphatic rings. The smallest absolute Gasteiger partial charge is 0.169 e. The van der Waals surface area contributed by atoms with Gasteiger partial charge in [-0.3, -0.25) is 0 Å². The molecule has 0 amide bonds. The maximum atomic E-state index is 5.47. The lowest BCUT2D eigenvalue weighted by atomic mass is 10.4. The summed E-state index contributed by atoms with van der Waals surface area (Å²) >= 11 is 1.27. The Morgan fingerprint density at radius 2 is 2.36 bits per heavy atom. The van der Waals surface area contributed by atoms with Crippen molar-refractivity contribution in [1.29, 1.82) is 0 Å². The average Bonchev–Trinajstić information content (AvgIpc) is 2.65. The Labute approximate surface area is 84.9 Å². The molecule has 2 aromatic rings. The molecular formula is C7H10N6S. The van der Waals surface area contributed by atoms with E-state index in [2.05, 4.69) is 19.6 Å². The van der Waals surface area contributed by atoms with Crippen molar-refractivity contribution >= 4 is 27.7 Å². The summed E-state index contributed by atoms with van der Waals surface area (Å²) in [5.74, 6) is 0.786. The topological polar surface area (TPSA) is 80.8 Å². The predicted molar refractivity (Wildman–Crippen MR) is 55.3 cm³/mol. The van der Waals surface area contributed by atoms with Gasteiger partial charge in [0.15, 0.2) is 16.2 Å².